The maximum absolute atomic E-state index is 12.7. The van der Waals surface area contributed by atoms with Gasteiger partial charge >= 0.3 is 0 Å². The van der Waals surface area contributed by atoms with Crippen molar-refractivity contribution in [2.75, 3.05) is 33.2 Å². The van der Waals surface area contributed by atoms with E-state index >= 15 is 0 Å². The van der Waals surface area contributed by atoms with Crippen LogP contribution in [0, 0.1) is 5.92 Å². The van der Waals surface area contributed by atoms with E-state index < -0.39 is 10.0 Å². The van der Waals surface area contributed by atoms with Gasteiger partial charge in [0.15, 0.2) is 0 Å². The van der Waals surface area contributed by atoms with Crippen LogP contribution in [0.2, 0.25) is 0 Å². The number of rotatable bonds is 7. The minimum Gasteiger partial charge on any atom is -0.338 e. The number of sulfonamides is 1. The third-order valence-electron chi connectivity index (χ3n) is 4.11. The monoisotopic (exact) mass is 387 g/mol. The Hall–Kier alpha value is -1.41. The highest BCUT2D eigenvalue weighted by molar-refractivity contribution is 7.89. The van der Waals surface area contributed by atoms with Gasteiger partial charge < -0.3 is 10.2 Å². The Bertz CT molecular complexity index is 692. The van der Waals surface area contributed by atoms with Gasteiger partial charge in [-0.15, -0.1) is 19.0 Å². The molecular weight excluding hydrogens is 362 g/mol. The van der Waals surface area contributed by atoms with E-state index in [1.165, 1.54) is 18.2 Å². The summed E-state index contributed by atoms with van der Waals surface area (Å²) < 4.78 is 26.8. The molecule has 1 aliphatic heterocycles. The topological polar surface area (TPSA) is 78.5 Å². The first kappa shape index (κ1) is 21.6. The lowest BCUT2D eigenvalue weighted by Gasteiger charge is -2.32. The summed E-state index contributed by atoms with van der Waals surface area (Å²) in [5, 5.41) is 3.15. The molecule has 1 aromatic carbocycles. The van der Waals surface area contributed by atoms with Crippen LogP contribution in [0.5, 0.6) is 0 Å². The molecule has 6 nitrogen and oxygen atoms in total. The van der Waals surface area contributed by atoms with Crippen LogP contribution in [0.15, 0.2) is 41.8 Å². The molecule has 140 valence electrons. The number of benzene rings is 1. The highest BCUT2D eigenvalue weighted by Crippen LogP contribution is 2.19. The molecule has 0 saturated carbocycles. The van der Waals surface area contributed by atoms with Crippen LogP contribution < -0.4 is 10.0 Å². The van der Waals surface area contributed by atoms with Gasteiger partial charge in [0.2, 0.25) is 10.0 Å². The molecular formula is C17H26ClN3O3S. The van der Waals surface area contributed by atoms with Gasteiger partial charge in [-0.1, -0.05) is 12.1 Å². The lowest BCUT2D eigenvalue weighted by molar-refractivity contribution is 0.0674. The molecule has 0 radical (unpaired) electrons. The predicted octanol–water partition coefficient (Wildman–Crippen LogP) is 1.64. The maximum Gasteiger partial charge on any atom is 0.253 e. The van der Waals surface area contributed by atoms with E-state index in [4.69, 9.17) is 0 Å². The van der Waals surface area contributed by atoms with Crippen molar-refractivity contribution in [1.29, 1.82) is 0 Å². The van der Waals surface area contributed by atoms with Gasteiger partial charge in [0.1, 0.15) is 0 Å². The first-order valence-corrected chi connectivity index (χ1v) is 9.60. The number of piperidine rings is 1. The van der Waals surface area contributed by atoms with Crippen LogP contribution in [-0.4, -0.2) is 52.5 Å². The number of halogens is 1. The van der Waals surface area contributed by atoms with E-state index in [0.29, 0.717) is 24.6 Å². The van der Waals surface area contributed by atoms with Gasteiger partial charge in [-0.3, -0.25) is 4.79 Å². The Kier molecular flexibility index (Phi) is 8.58. The van der Waals surface area contributed by atoms with Crippen LogP contribution in [0.25, 0.3) is 0 Å². The lowest BCUT2D eigenvalue weighted by atomic mass is 9.97. The third-order valence-corrected chi connectivity index (χ3v) is 5.53. The zero-order valence-electron chi connectivity index (χ0n) is 14.4. The summed E-state index contributed by atoms with van der Waals surface area (Å²) in [6, 6.07) is 6.19. The Balaban J connectivity index is 0.00000312. The molecule has 1 heterocycles. The highest BCUT2D eigenvalue weighted by atomic mass is 35.5. The van der Waals surface area contributed by atoms with E-state index in [0.717, 1.165) is 19.4 Å². The summed E-state index contributed by atoms with van der Waals surface area (Å²) in [5.41, 5.74) is 0.404. The minimum absolute atomic E-state index is 0. The molecule has 0 bridgehead atoms. The Morgan fingerprint density at radius 1 is 1.44 bits per heavy atom. The Morgan fingerprint density at radius 3 is 2.88 bits per heavy atom. The largest absolute Gasteiger partial charge is 0.338 e. The number of nitrogens with one attached hydrogen (secondary N) is 2. The van der Waals surface area contributed by atoms with E-state index in [9.17, 15) is 13.2 Å². The van der Waals surface area contributed by atoms with E-state index in [-0.39, 0.29) is 29.8 Å². The minimum atomic E-state index is -3.63. The second-order valence-electron chi connectivity index (χ2n) is 5.99. The molecule has 1 saturated heterocycles. The number of hydrogen-bond donors (Lipinski definition) is 2. The molecule has 1 amide bonds. The van der Waals surface area contributed by atoms with Crippen molar-refractivity contribution < 1.29 is 13.2 Å². The molecule has 1 atom stereocenters. The van der Waals surface area contributed by atoms with Crippen LogP contribution in [0.1, 0.15) is 23.2 Å². The summed E-state index contributed by atoms with van der Waals surface area (Å²) in [5.74, 6) is 0.324. The van der Waals surface area contributed by atoms with Crippen LogP contribution >= 0.6 is 12.4 Å². The van der Waals surface area contributed by atoms with Crippen LogP contribution in [0.3, 0.4) is 0 Å². The predicted molar refractivity (Wildman–Crippen MR) is 102 cm³/mol. The quantitative estimate of drug-likeness (QED) is 0.697. The Labute approximate surface area is 156 Å². The fourth-order valence-corrected chi connectivity index (χ4v) is 3.98. The summed E-state index contributed by atoms with van der Waals surface area (Å²) in [4.78, 5) is 14.6. The molecule has 1 aromatic rings. The van der Waals surface area contributed by atoms with Crippen LogP contribution in [0.4, 0.5) is 0 Å². The van der Waals surface area contributed by atoms with Gasteiger partial charge in [-0.25, -0.2) is 13.1 Å². The SMILES string of the molecule is C=CCNS(=O)(=O)c1cccc(C(=O)N2CCCC(CNC)C2)c1.Cl. The number of carbonyl (C=O) groups is 1. The van der Waals surface area contributed by atoms with Crippen molar-refractivity contribution in [3.63, 3.8) is 0 Å². The molecule has 0 spiro atoms. The Morgan fingerprint density at radius 2 is 2.20 bits per heavy atom. The van der Waals surface area contributed by atoms with Crippen LogP contribution in [-0.2, 0) is 10.0 Å². The van der Waals surface area contributed by atoms with Crippen molar-refractivity contribution >= 4 is 28.3 Å². The van der Waals surface area contributed by atoms with Crippen molar-refractivity contribution in [3.8, 4) is 0 Å². The first-order valence-electron chi connectivity index (χ1n) is 8.12. The van der Waals surface area contributed by atoms with Crippen molar-refractivity contribution in [1.82, 2.24) is 14.9 Å². The highest BCUT2D eigenvalue weighted by Gasteiger charge is 2.25. The summed E-state index contributed by atoms with van der Waals surface area (Å²) in [6.07, 6.45) is 3.55. The second kappa shape index (κ2) is 9.91. The molecule has 2 rings (SSSR count). The molecule has 8 heteroatoms. The summed E-state index contributed by atoms with van der Waals surface area (Å²) >= 11 is 0. The first-order chi connectivity index (χ1) is 11.5. The third kappa shape index (κ3) is 5.81. The second-order valence-corrected chi connectivity index (χ2v) is 7.75. The van der Waals surface area contributed by atoms with Gasteiger partial charge in [0.25, 0.3) is 5.91 Å². The van der Waals surface area contributed by atoms with Crippen molar-refractivity contribution in [2.24, 2.45) is 5.92 Å². The van der Waals surface area contributed by atoms with Gasteiger partial charge in [0, 0.05) is 25.2 Å². The zero-order valence-corrected chi connectivity index (χ0v) is 16.0. The number of carbonyl (C=O) groups excluding carboxylic acids is 1. The number of likely N-dealkylation sites (tertiary alicyclic amines) is 1. The summed E-state index contributed by atoms with van der Waals surface area (Å²) in [7, 11) is -1.72. The van der Waals surface area contributed by atoms with Crippen molar-refractivity contribution in [2.45, 2.75) is 17.7 Å². The van der Waals surface area contributed by atoms with Gasteiger partial charge in [0.05, 0.1) is 4.90 Å². The van der Waals surface area contributed by atoms with Gasteiger partial charge in [-0.05, 0) is 50.6 Å². The standard InChI is InChI=1S/C17H25N3O3S.ClH/c1-3-9-19-24(22,23)16-8-4-7-15(11-16)17(21)20-10-5-6-14(13-20)12-18-2;/h3-4,7-8,11,14,18-19H,1,5-6,9-10,12-13H2,2H3;1H. The van der Waals surface area contributed by atoms with E-state index in [2.05, 4.69) is 16.6 Å². The molecule has 1 aliphatic rings. The maximum atomic E-state index is 12.7. The van der Waals surface area contributed by atoms with E-state index in [1.54, 1.807) is 12.1 Å². The number of nitrogens with zero attached hydrogens (tertiary/aromatic N) is 1. The summed E-state index contributed by atoms with van der Waals surface area (Å²) in [6.45, 7) is 5.94. The smallest absolute Gasteiger partial charge is 0.253 e. The molecule has 25 heavy (non-hydrogen) atoms. The fourth-order valence-electron chi connectivity index (χ4n) is 2.94. The zero-order chi connectivity index (χ0) is 17.6. The van der Waals surface area contributed by atoms with Crippen molar-refractivity contribution in [3.05, 3.63) is 42.5 Å². The normalized spacial score (nSPS) is 17.6. The average molecular weight is 388 g/mol. The molecule has 1 fully saturated rings. The average Bonchev–Trinajstić information content (AvgIpc) is 2.60. The lowest BCUT2D eigenvalue weighted by Crippen LogP contribution is -2.42. The van der Waals surface area contributed by atoms with Gasteiger partial charge in [-0.2, -0.15) is 0 Å². The van der Waals surface area contributed by atoms with E-state index in [1.807, 2.05) is 11.9 Å². The number of hydrogen-bond acceptors (Lipinski definition) is 4. The fraction of sp³-hybridized carbons (Fsp3) is 0.471. The molecule has 2 N–H and O–H groups in total. The molecule has 0 aromatic heterocycles. The molecule has 0 aliphatic carbocycles. The number of amides is 1. The molecule has 1 unspecified atom stereocenters.